The van der Waals surface area contributed by atoms with E-state index < -0.39 is 5.97 Å². The van der Waals surface area contributed by atoms with Crippen LogP contribution in [0.25, 0.3) is 44.0 Å². The molecule has 0 aliphatic rings. The van der Waals surface area contributed by atoms with E-state index in [0.717, 1.165) is 56.3 Å². The van der Waals surface area contributed by atoms with Gasteiger partial charge in [0, 0.05) is 48.1 Å². The van der Waals surface area contributed by atoms with Crippen molar-refractivity contribution in [2.24, 2.45) is 5.73 Å². The van der Waals surface area contributed by atoms with Crippen LogP contribution in [-0.2, 0) is 17.9 Å². The topological polar surface area (TPSA) is 114 Å². The highest BCUT2D eigenvalue weighted by atomic mass is 16.4. The van der Waals surface area contributed by atoms with Crippen LogP contribution < -0.4 is 11.3 Å². The molecule has 0 saturated carbocycles. The number of rotatable bonds is 4. The van der Waals surface area contributed by atoms with Gasteiger partial charge in [0.2, 0.25) is 0 Å². The number of para-hydroxylation sites is 1. The average molecular weight is 491 g/mol. The molecule has 0 unspecified atom stereocenters. The summed E-state index contributed by atoms with van der Waals surface area (Å²) in [5.74, 6) is -0.833. The van der Waals surface area contributed by atoms with Crippen LogP contribution in [0.5, 0.6) is 0 Å². The minimum Gasteiger partial charge on any atom is -0.481 e. The molecule has 7 nitrogen and oxygen atoms in total. The molecule has 0 aliphatic heterocycles. The summed E-state index contributed by atoms with van der Waals surface area (Å²) in [5, 5.41) is 10.5. The van der Waals surface area contributed by atoms with E-state index >= 15 is 0 Å². The van der Waals surface area contributed by atoms with Gasteiger partial charge in [-0.15, -0.1) is 0 Å². The lowest BCUT2D eigenvalue weighted by atomic mass is 10.1. The predicted octanol–water partition coefficient (Wildman–Crippen LogP) is 5.30. The third kappa shape index (κ3) is 4.85. The number of aromatic nitrogens is 3. The van der Waals surface area contributed by atoms with Gasteiger partial charge < -0.3 is 20.4 Å². The summed E-state index contributed by atoms with van der Waals surface area (Å²) < 4.78 is 2.18. The fraction of sp³-hybridized carbons (Fsp3) is 0.100. The molecule has 0 fully saturated rings. The Bertz CT molecular complexity index is 1810. The first-order valence-electron chi connectivity index (χ1n) is 11.9. The average Bonchev–Trinajstić information content (AvgIpc) is 3.26. The maximum Gasteiger partial charge on any atom is 0.300 e. The van der Waals surface area contributed by atoms with Crippen LogP contribution in [0.1, 0.15) is 18.1 Å². The number of hydrogen-bond acceptors (Lipinski definition) is 4. The molecule has 6 rings (SSSR count). The number of aliphatic carboxylic acids is 1. The van der Waals surface area contributed by atoms with Crippen molar-refractivity contribution in [1.82, 2.24) is 14.5 Å². The number of nitrogens with two attached hydrogens (primary N) is 1. The number of carbonyl (C=O) groups is 1. The van der Waals surface area contributed by atoms with Crippen LogP contribution in [0.15, 0.2) is 95.9 Å². The quantitative estimate of drug-likeness (QED) is 0.290. The monoisotopic (exact) mass is 490 g/mol. The Kier molecular flexibility index (Phi) is 6.53. The number of fused-ring (bicyclic) bond motifs is 4. The third-order valence-corrected chi connectivity index (χ3v) is 6.21. The van der Waals surface area contributed by atoms with Crippen molar-refractivity contribution in [3.63, 3.8) is 0 Å². The maximum atomic E-state index is 13.1. The van der Waals surface area contributed by atoms with Gasteiger partial charge in [0.1, 0.15) is 5.69 Å². The van der Waals surface area contributed by atoms with Gasteiger partial charge in [-0.3, -0.25) is 9.59 Å². The second-order valence-electron chi connectivity index (χ2n) is 8.83. The lowest BCUT2D eigenvalue weighted by Crippen LogP contribution is -2.11. The fourth-order valence-electron chi connectivity index (χ4n) is 4.62. The van der Waals surface area contributed by atoms with Crippen LogP contribution in [0.2, 0.25) is 0 Å². The lowest BCUT2D eigenvalue weighted by Gasteiger charge is -2.07. The van der Waals surface area contributed by atoms with Gasteiger partial charge in [-0.05, 0) is 28.6 Å². The van der Waals surface area contributed by atoms with E-state index in [2.05, 4.69) is 33.8 Å². The molecule has 6 aromatic rings. The Balaban J connectivity index is 0.000000655. The van der Waals surface area contributed by atoms with E-state index in [4.69, 9.17) is 20.6 Å². The van der Waals surface area contributed by atoms with Gasteiger partial charge in [0.25, 0.3) is 11.5 Å². The van der Waals surface area contributed by atoms with Gasteiger partial charge in [-0.1, -0.05) is 72.8 Å². The minimum absolute atomic E-state index is 0.189. The van der Waals surface area contributed by atoms with Crippen molar-refractivity contribution in [3.05, 3.63) is 113 Å². The molecule has 2 heterocycles. The zero-order valence-electron chi connectivity index (χ0n) is 20.3. The molecule has 0 spiro atoms. The highest BCUT2D eigenvalue weighted by Gasteiger charge is 2.16. The van der Waals surface area contributed by atoms with E-state index in [0.29, 0.717) is 18.8 Å². The van der Waals surface area contributed by atoms with Crippen LogP contribution in [-0.4, -0.2) is 25.6 Å². The predicted molar refractivity (Wildman–Crippen MR) is 148 cm³/mol. The van der Waals surface area contributed by atoms with Crippen LogP contribution in [0, 0.1) is 0 Å². The molecule has 0 bridgehead atoms. The molecule has 7 heteroatoms. The molecule has 4 aromatic carbocycles. The number of aromatic amines is 1. The molecule has 0 radical (unpaired) electrons. The van der Waals surface area contributed by atoms with Gasteiger partial charge in [0.05, 0.1) is 11.0 Å². The summed E-state index contributed by atoms with van der Waals surface area (Å²) in [6, 6.07) is 28.5. The van der Waals surface area contributed by atoms with E-state index in [-0.39, 0.29) is 5.56 Å². The number of carboxylic acids is 1. The molecule has 0 saturated heterocycles. The number of carboxylic acid groups (broad SMARTS) is 1. The SMILES string of the molecule is CC(=O)O.NCc1cccc(Cn2cc(-c3nc4c(ccc5ccccc54)[nH]c3=O)c3ccccc32)c1. The highest BCUT2D eigenvalue weighted by Crippen LogP contribution is 2.30. The fourth-order valence-corrected chi connectivity index (χ4v) is 4.62. The second-order valence-corrected chi connectivity index (χ2v) is 8.83. The van der Waals surface area contributed by atoms with Crippen molar-refractivity contribution in [2.45, 2.75) is 20.0 Å². The van der Waals surface area contributed by atoms with Gasteiger partial charge in [0.15, 0.2) is 0 Å². The number of H-pyrrole nitrogens is 1. The molecular formula is C30H26N4O3. The van der Waals surface area contributed by atoms with E-state index in [1.165, 1.54) is 0 Å². The van der Waals surface area contributed by atoms with Gasteiger partial charge >= 0.3 is 0 Å². The molecule has 4 N–H and O–H groups in total. The number of benzene rings is 4. The van der Waals surface area contributed by atoms with Crippen LogP contribution >= 0.6 is 0 Å². The number of hydrogen-bond donors (Lipinski definition) is 3. The van der Waals surface area contributed by atoms with Crippen molar-refractivity contribution in [2.75, 3.05) is 0 Å². The summed E-state index contributed by atoms with van der Waals surface area (Å²) in [5.41, 5.74) is 11.8. The first kappa shape index (κ1) is 24.0. The standard InChI is InChI=1S/C28H22N4O.C2H4O2/c29-15-18-6-5-7-19(14-18)16-32-17-23(22-10-3-4-11-25(22)32)27-28(33)30-24-13-12-20-8-1-2-9-21(20)26(24)31-27;1-2(3)4/h1-14,17H,15-16,29H2,(H,30,33);1H3,(H,3,4). The van der Waals surface area contributed by atoms with Crippen LogP contribution in [0.3, 0.4) is 0 Å². The van der Waals surface area contributed by atoms with E-state index in [9.17, 15) is 4.79 Å². The van der Waals surface area contributed by atoms with Gasteiger partial charge in [-0.2, -0.15) is 0 Å². The molecule has 0 amide bonds. The number of nitrogens with one attached hydrogen (secondary N) is 1. The molecule has 0 aliphatic carbocycles. The summed E-state index contributed by atoms with van der Waals surface area (Å²) in [4.78, 5) is 30.1. The summed E-state index contributed by atoms with van der Waals surface area (Å²) in [6.07, 6.45) is 2.04. The Hall–Kier alpha value is -4.75. The van der Waals surface area contributed by atoms with Gasteiger partial charge in [-0.25, -0.2) is 4.98 Å². The van der Waals surface area contributed by atoms with Crippen molar-refractivity contribution < 1.29 is 9.90 Å². The summed E-state index contributed by atoms with van der Waals surface area (Å²) in [6.45, 7) is 2.28. The lowest BCUT2D eigenvalue weighted by molar-refractivity contribution is -0.134. The molecule has 2 aromatic heterocycles. The van der Waals surface area contributed by atoms with Crippen molar-refractivity contribution >= 4 is 38.7 Å². The van der Waals surface area contributed by atoms with E-state index in [1.807, 2.05) is 66.9 Å². The molecule has 0 atom stereocenters. The second kappa shape index (κ2) is 10.1. The van der Waals surface area contributed by atoms with Crippen molar-refractivity contribution in [3.8, 4) is 11.3 Å². The van der Waals surface area contributed by atoms with Crippen LogP contribution in [0.4, 0.5) is 0 Å². The first-order valence-corrected chi connectivity index (χ1v) is 11.9. The maximum absolute atomic E-state index is 13.1. The number of nitrogens with zero attached hydrogens (tertiary/aromatic N) is 2. The third-order valence-electron chi connectivity index (χ3n) is 6.21. The molecular weight excluding hydrogens is 464 g/mol. The first-order chi connectivity index (χ1) is 17.9. The Labute approximate surface area is 212 Å². The summed E-state index contributed by atoms with van der Waals surface area (Å²) in [7, 11) is 0. The van der Waals surface area contributed by atoms with Crippen molar-refractivity contribution in [1.29, 1.82) is 0 Å². The zero-order valence-corrected chi connectivity index (χ0v) is 20.3. The zero-order chi connectivity index (χ0) is 25.9. The molecule has 37 heavy (non-hydrogen) atoms. The smallest absolute Gasteiger partial charge is 0.300 e. The highest BCUT2D eigenvalue weighted by molar-refractivity contribution is 6.05. The van der Waals surface area contributed by atoms with E-state index in [1.54, 1.807) is 0 Å². The normalized spacial score (nSPS) is 11.0. The minimum atomic E-state index is -0.833. The molecule has 184 valence electrons. The Morgan fingerprint density at radius 3 is 2.43 bits per heavy atom. The Morgan fingerprint density at radius 2 is 1.65 bits per heavy atom. The largest absolute Gasteiger partial charge is 0.481 e. The summed E-state index contributed by atoms with van der Waals surface area (Å²) >= 11 is 0. The Morgan fingerprint density at radius 1 is 0.946 bits per heavy atom.